The van der Waals surface area contributed by atoms with E-state index >= 15 is 4.39 Å². The number of alkyl halides is 4. The SMILES string of the molecule is O=C(Nc1ccc(F)cc1)C1Cc2nc(C3CCCC3)c(C(F)c3ccc(C(F)(F)F)cc3)c(-c3ccc(F)cc3)c2C(O)C1. The van der Waals surface area contributed by atoms with Gasteiger partial charge in [0.1, 0.15) is 11.6 Å². The van der Waals surface area contributed by atoms with Gasteiger partial charge in [0.25, 0.3) is 0 Å². The Morgan fingerprint density at radius 2 is 1.49 bits per heavy atom. The molecule has 3 aromatic carbocycles. The van der Waals surface area contributed by atoms with Gasteiger partial charge in [0, 0.05) is 40.8 Å². The molecule has 4 nitrogen and oxygen atoms in total. The number of carbonyl (C=O) groups is 1. The van der Waals surface area contributed by atoms with E-state index in [-0.39, 0.29) is 29.9 Å². The van der Waals surface area contributed by atoms with Crippen molar-refractivity contribution in [2.24, 2.45) is 5.92 Å². The Balaban J connectivity index is 1.48. The van der Waals surface area contributed by atoms with Crippen LogP contribution in [0.1, 0.15) is 83.9 Å². The lowest BCUT2D eigenvalue weighted by Crippen LogP contribution is -2.32. The van der Waals surface area contributed by atoms with Crippen LogP contribution in [0.15, 0.2) is 72.8 Å². The quantitative estimate of drug-likeness (QED) is 0.211. The number of benzene rings is 3. The zero-order valence-corrected chi connectivity index (χ0v) is 24.1. The van der Waals surface area contributed by atoms with Crippen molar-refractivity contribution in [1.29, 1.82) is 0 Å². The summed E-state index contributed by atoms with van der Waals surface area (Å²) in [7, 11) is 0. The summed E-state index contributed by atoms with van der Waals surface area (Å²) in [6.45, 7) is 0. The van der Waals surface area contributed by atoms with E-state index < -0.39 is 47.5 Å². The number of nitrogens with zero attached hydrogens (tertiary/aromatic N) is 1. The van der Waals surface area contributed by atoms with Gasteiger partial charge in [0.2, 0.25) is 5.91 Å². The molecule has 0 saturated heterocycles. The normalized spacial score (nSPS) is 19.3. The molecule has 1 amide bonds. The molecule has 1 saturated carbocycles. The van der Waals surface area contributed by atoms with Crippen LogP contribution in [0, 0.1) is 17.6 Å². The number of halogens is 6. The third kappa shape index (κ3) is 6.33. The number of aliphatic hydroxyl groups is 1. The molecule has 4 aromatic rings. The maximum Gasteiger partial charge on any atom is 0.416 e. The Kier molecular flexibility index (Phi) is 8.43. The zero-order valence-electron chi connectivity index (χ0n) is 24.1. The number of hydrogen-bond donors (Lipinski definition) is 2. The molecule has 2 aliphatic carbocycles. The fourth-order valence-electron chi connectivity index (χ4n) is 6.58. The van der Waals surface area contributed by atoms with Gasteiger partial charge >= 0.3 is 6.18 Å². The number of fused-ring (bicyclic) bond motifs is 1. The first kappa shape index (κ1) is 30.8. The zero-order chi connectivity index (χ0) is 31.9. The molecule has 1 heterocycles. The minimum absolute atomic E-state index is 0.00536. The Hall–Kier alpha value is -4.18. The van der Waals surface area contributed by atoms with Crippen molar-refractivity contribution >= 4 is 11.6 Å². The highest BCUT2D eigenvalue weighted by molar-refractivity contribution is 5.93. The summed E-state index contributed by atoms with van der Waals surface area (Å²) in [6, 6.07) is 14.6. The molecule has 234 valence electrons. The topological polar surface area (TPSA) is 62.2 Å². The van der Waals surface area contributed by atoms with Crippen LogP contribution in [0.2, 0.25) is 0 Å². The summed E-state index contributed by atoms with van der Waals surface area (Å²) < 4.78 is 84.1. The summed E-state index contributed by atoms with van der Waals surface area (Å²) in [5, 5.41) is 14.3. The Morgan fingerprint density at radius 1 is 0.889 bits per heavy atom. The number of hydrogen-bond acceptors (Lipinski definition) is 3. The minimum atomic E-state index is -4.59. The predicted molar refractivity (Wildman–Crippen MR) is 157 cm³/mol. The van der Waals surface area contributed by atoms with E-state index in [9.17, 15) is 31.9 Å². The molecule has 0 radical (unpaired) electrons. The average molecular weight is 625 g/mol. The third-order valence-electron chi connectivity index (χ3n) is 8.80. The highest BCUT2D eigenvalue weighted by atomic mass is 19.4. The number of nitrogens with one attached hydrogen (secondary N) is 1. The van der Waals surface area contributed by atoms with E-state index in [2.05, 4.69) is 5.32 Å². The van der Waals surface area contributed by atoms with Crippen LogP contribution in [-0.2, 0) is 17.4 Å². The molecule has 3 unspecified atom stereocenters. The molecule has 2 N–H and O–H groups in total. The summed E-state index contributed by atoms with van der Waals surface area (Å²) in [4.78, 5) is 18.2. The largest absolute Gasteiger partial charge is 0.416 e. The highest BCUT2D eigenvalue weighted by Crippen LogP contribution is 2.49. The molecule has 45 heavy (non-hydrogen) atoms. The lowest BCUT2D eigenvalue weighted by atomic mass is 9.76. The predicted octanol–water partition coefficient (Wildman–Crippen LogP) is 9.00. The monoisotopic (exact) mass is 624 g/mol. The lowest BCUT2D eigenvalue weighted by Gasteiger charge is -2.33. The maximum atomic E-state index is 16.8. The molecule has 0 aliphatic heterocycles. The van der Waals surface area contributed by atoms with Crippen LogP contribution in [0.4, 0.5) is 32.0 Å². The van der Waals surface area contributed by atoms with Crippen molar-refractivity contribution < 1.29 is 36.2 Å². The molecule has 0 bridgehead atoms. The molecule has 0 spiro atoms. The second-order valence-electron chi connectivity index (χ2n) is 11.8. The van der Waals surface area contributed by atoms with E-state index in [4.69, 9.17) is 4.98 Å². The number of amides is 1. The molecule has 1 fully saturated rings. The molecular formula is C35H30F6N2O2. The van der Waals surface area contributed by atoms with Crippen LogP contribution >= 0.6 is 0 Å². The van der Waals surface area contributed by atoms with Gasteiger partial charge in [0.15, 0.2) is 6.17 Å². The highest BCUT2D eigenvalue weighted by Gasteiger charge is 2.39. The molecule has 10 heteroatoms. The van der Waals surface area contributed by atoms with Crippen molar-refractivity contribution in [3.63, 3.8) is 0 Å². The van der Waals surface area contributed by atoms with Gasteiger partial charge < -0.3 is 10.4 Å². The van der Waals surface area contributed by atoms with Crippen LogP contribution in [-0.4, -0.2) is 16.0 Å². The number of aliphatic hydroxyl groups excluding tert-OH is 1. The molecule has 6 rings (SSSR count). The van der Waals surface area contributed by atoms with Gasteiger partial charge in [-0.05, 0) is 84.5 Å². The van der Waals surface area contributed by atoms with Crippen LogP contribution in [0.5, 0.6) is 0 Å². The summed E-state index contributed by atoms with van der Waals surface area (Å²) in [5.41, 5.74) is 1.53. The van der Waals surface area contributed by atoms with E-state index in [1.54, 1.807) is 0 Å². The molecule has 2 aliphatic rings. The third-order valence-corrected chi connectivity index (χ3v) is 8.80. The van der Waals surface area contributed by atoms with Crippen LogP contribution in [0.3, 0.4) is 0 Å². The lowest BCUT2D eigenvalue weighted by molar-refractivity contribution is -0.137. The van der Waals surface area contributed by atoms with Crippen molar-refractivity contribution in [2.45, 2.75) is 62.9 Å². The van der Waals surface area contributed by atoms with Gasteiger partial charge in [0.05, 0.1) is 17.4 Å². The number of rotatable bonds is 6. The number of aromatic nitrogens is 1. The van der Waals surface area contributed by atoms with Crippen molar-refractivity contribution in [2.75, 3.05) is 5.32 Å². The smallest absolute Gasteiger partial charge is 0.388 e. The van der Waals surface area contributed by atoms with E-state index in [0.29, 0.717) is 33.8 Å². The van der Waals surface area contributed by atoms with Crippen molar-refractivity contribution in [3.05, 3.63) is 118 Å². The summed E-state index contributed by atoms with van der Waals surface area (Å²) in [6.07, 6.45) is -4.41. The van der Waals surface area contributed by atoms with Gasteiger partial charge in [-0.3, -0.25) is 9.78 Å². The fourth-order valence-corrected chi connectivity index (χ4v) is 6.58. The van der Waals surface area contributed by atoms with E-state index in [1.807, 2.05) is 0 Å². The molecule has 1 aromatic heterocycles. The molecule has 3 atom stereocenters. The van der Waals surface area contributed by atoms with Crippen molar-refractivity contribution in [3.8, 4) is 11.1 Å². The van der Waals surface area contributed by atoms with E-state index in [1.165, 1.54) is 48.5 Å². The first-order valence-electron chi connectivity index (χ1n) is 14.9. The van der Waals surface area contributed by atoms with Crippen LogP contribution in [0.25, 0.3) is 11.1 Å². The summed E-state index contributed by atoms with van der Waals surface area (Å²) in [5.74, 6) is -2.22. The molecular weight excluding hydrogens is 594 g/mol. The van der Waals surface area contributed by atoms with Gasteiger partial charge in [-0.25, -0.2) is 13.2 Å². The Labute approximate surface area is 256 Å². The second kappa shape index (κ2) is 12.3. The number of pyridine rings is 1. The van der Waals surface area contributed by atoms with Gasteiger partial charge in [-0.15, -0.1) is 0 Å². The maximum absolute atomic E-state index is 16.8. The first-order chi connectivity index (χ1) is 21.5. The standard InChI is InChI=1S/C35H30F6N2O2/c36-24-11-7-19(8-12-24)29-30-27(17-22(18-28(30)44)34(45)42-26-15-13-25(37)14-16-26)43-33(21-3-1-2-4-21)31(29)32(38)20-5-9-23(10-6-20)35(39,40)41/h5-16,21-22,28,32,44H,1-4,17-18H2,(H,42,45). The summed E-state index contributed by atoms with van der Waals surface area (Å²) >= 11 is 0. The minimum Gasteiger partial charge on any atom is -0.388 e. The van der Waals surface area contributed by atoms with Gasteiger partial charge in [-0.2, -0.15) is 13.2 Å². The average Bonchev–Trinajstić information content (AvgIpc) is 3.56. The van der Waals surface area contributed by atoms with Crippen molar-refractivity contribution in [1.82, 2.24) is 4.98 Å². The Bertz CT molecular complexity index is 1680. The Morgan fingerprint density at radius 3 is 2.09 bits per heavy atom. The van der Waals surface area contributed by atoms with Crippen LogP contribution < -0.4 is 5.32 Å². The number of carbonyl (C=O) groups excluding carboxylic acids is 1. The fraction of sp³-hybridized carbons (Fsp3) is 0.314. The second-order valence-corrected chi connectivity index (χ2v) is 11.8. The first-order valence-corrected chi connectivity index (χ1v) is 14.9. The number of anilines is 1. The van der Waals surface area contributed by atoms with E-state index in [0.717, 1.165) is 49.9 Å². The van der Waals surface area contributed by atoms with Gasteiger partial charge in [-0.1, -0.05) is 37.1 Å².